The molecule has 0 bridgehead atoms. The summed E-state index contributed by atoms with van der Waals surface area (Å²) in [5, 5.41) is 21.9. The lowest BCUT2D eigenvalue weighted by molar-refractivity contribution is -0.162. The Hall–Kier alpha value is -1.35. The molecule has 0 aromatic carbocycles. The molecule has 1 aliphatic heterocycles. The first-order valence-electron chi connectivity index (χ1n) is 10.6. The molecule has 2 aromatic rings. The molecule has 1 saturated heterocycles. The van der Waals surface area contributed by atoms with Crippen molar-refractivity contribution in [2.75, 3.05) is 36.2 Å². The number of nitrogens with one attached hydrogen (secondary N) is 1. The summed E-state index contributed by atoms with van der Waals surface area (Å²) in [6.45, 7) is 4.20. The Bertz CT molecular complexity index is 976. The summed E-state index contributed by atoms with van der Waals surface area (Å²) in [6.07, 6.45) is -3.30. The Morgan fingerprint density at radius 1 is 1.21 bits per heavy atom. The van der Waals surface area contributed by atoms with E-state index in [-0.39, 0.29) is 41.7 Å². The molecule has 4 atom stereocenters. The lowest BCUT2D eigenvalue weighted by Gasteiger charge is -2.23. The third-order valence-electron chi connectivity index (χ3n) is 5.62. The van der Waals surface area contributed by atoms with Crippen molar-refractivity contribution in [3.63, 3.8) is 0 Å². The summed E-state index contributed by atoms with van der Waals surface area (Å²) in [5.74, 6) is 0.138. The number of hydrogen-bond donors (Lipinski definition) is 2. The molecule has 14 heteroatoms. The molecule has 0 spiro atoms. The number of aliphatic hydroxyl groups is 1. The second kappa shape index (κ2) is 9.72. The monoisotopic (exact) mass is 508 g/mol. The molecule has 3 heterocycles. The molecule has 1 saturated carbocycles. The number of hydrogen-bond acceptors (Lipinski definition) is 10. The van der Waals surface area contributed by atoms with Crippen LogP contribution in [0.15, 0.2) is 5.16 Å². The van der Waals surface area contributed by atoms with Gasteiger partial charge in [0.05, 0.1) is 18.6 Å². The van der Waals surface area contributed by atoms with E-state index >= 15 is 0 Å². The zero-order chi connectivity index (χ0) is 23.8. The maximum Gasteiger partial charge on any atom is 0.389 e. The van der Waals surface area contributed by atoms with Crippen molar-refractivity contribution in [1.29, 1.82) is 0 Å². The van der Waals surface area contributed by atoms with Crippen LogP contribution < -0.4 is 5.32 Å². The van der Waals surface area contributed by atoms with Crippen LogP contribution in [0.5, 0.6) is 0 Å². The van der Waals surface area contributed by atoms with E-state index < -0.39 is 18.4 Å². The quantitative estimate of drug-likeness (QED) is 0.298. The Morgan fingerprint density at radius 2 is 1.97 bits per heavy atom. The topological polar surface area (TPSA) is 107 Å². The highest BCUT2D eigenvalue weighted by atomic mass is 32.2. The van der Waals surface area contributed by atoms with Crippen LogP contribution in [-0.4, -0.2) is 85.2 Å². The van der Waals surface area contributed by atoms with Crippen molar-refractivity contribution >= 4 is 40.5 Å². The van der Waals surface area contributed by atoms with Crippen molar-refractivity contribution in [2.45, 2.75) is 62.1 Å². The molecule has 184 valence electrons. The van der Waals surface area contributed by atoms with E-state index in [1.165, 1.54) is 0 Å². The zero-order valence-corrected chi connectivity index (χ0v) is 20.1. The summed E-state index contributed by atoms with van der Waals surface area (Å²) in [5.41, 5.74) is 0.861. The van der Waals surface area contributed by atoms with Crippen molar-refractivity contribution < 1.29 is 27.8 Å². The minimum Gasteiger partial charge on any atom is -0.396 e. The Labute approximate surface area is 197 Å². The number of ether oxygens (including phenoxy) is 2. The van der Waals surface area contributed by atoms with Crippen LogP contribution in [0.1, 0.15) is 32.7 Å². The largest absolute Gasteiger partial charge is 0.396 e. The van der Waals surface area contributed by atoms with Gasteiger partial charge in [-0.2, -0.15) is 24.9 Å². The molecule has 2 fully saturated rings. The number of anilines is 1. The van der Waals surface area contributed by atoms with E-state index in [0.717, 1.165) is 17.5 Å². The van der Waals surface area contributed by atoms with Crippen molar-refractivity contribution in [1.82, 2.24) is 25.0 Å². The van der Waals surface area contributed by atoms with Gasteiger partial charge in [-0.15, -0.1) is 5.10 Å². The number of rotatable bonds is 9. The molecule has 1 aliphatic carbocycles. The molecular weight excluding hydrogens is 481 g/mol. The summed E-state index contributed by atoms with van der Waals surface area (Å²) in [6, 6.07) is -0.291. The Kier molecular flexibility index (Phi) is 7.29. The summed E-state index contributed by atoms with van der Waals surface area (Å²) < 4.78 is 51.7. The van der Waals surface area contributed by atoms with Gasteiger partial charge in [-0.05, 0) is 26.5 Å². The lowest BCUT2D eigenvalue weighted by atomic mass is 10.1. The third-order valence-corrected chi connectivity index (χ3v) is 7.08. The number of alkyl halides is 3. The number of aromatic nitrogens is 5. The van der Waals surface area contributed by atoms with Crippen LogP contribution in [0.3, 0.4) is 0 Å². The highest BCUT2D eigenvalue weighted by Gasteiger charge is 2.55. The molecule has 33 heavy (non-hydrogen) atoms. The van der Waals surface area contributed by atoms with Crippen molar-refractivity contribution in [3.8, 4) is 0 Å². The molecule has 2 aliphatic rings. The second-order valence-corrected chi connectivity index (χ2v) is 10.6. The lowest BCUT2D eigenvalue weighted by Crippen LogP contribution is -2.28. The first-order valence-corrected chi connectivity index (χ1v) is 13.0. The zero-order valence-electron chi connectivity index (χ0n) is 18.5. The SMILES string of the molecule is CSCCNc1nc(SCCC(F)(F)F)nc2c1nnn2C1CC(CO)C2OC(C)(C)OC21. The minimum atomic E-state index is -4.25. The average Bonchev–Trinajstić information content (AvgIpc) is 3.37. The van der Waals surface area contributed by atoms with E-state index in [9.17, 15) is 18.3 Å². The van der Waals surface area contributed by atoms with Gasteiger partial charge in [-0.3, -0.25) is 0 Å². The Morgan fingerprint density at radius 3 is 2.67 bits per heavy atom. The number of halogens is 3. The average molecular weight is 509 g/mol. The standard InChI is InChI=1S/C19H27F3N6O3S2/c1-18(2)30-13-10(9-29)8-11(14(13)31-18)28-16-12(26-27-28)15(23-5-7-32-3)24-17(25-16)33-6-4-19(20,21)22/h10-11,13-14,29H,4-9H2,1-3H3,(H,23,24,25). The van der Waals surface area contributed by atoms with Crippen LogP contribution in [-0.2, 0) is 9.47 Å². The van der Waals surface area contributed by atoms with Crippen molar-refractivity contribution in [3.05, 3.63) is 0 Å². The van der Waals surface area contributed by atoms with Crippen molar-refractivity contribution in [2.24, 2.45) is 5.92 Å². The minimum absolute atomic E-state index is 0.0568. The van der Waals surface area contributed by atoms with Gasteiger partial charge in [0.1, 0.15) is 6.10 Å². The molecule has 0 amide bonds. The highest BCUT2D eigenvalue weighted by molar-refractivity contribution is 7.99. The molecule has 0 radical (unpaired) electrons. The van der Waals surface area contributed by atoms with Gasteiger partial charge in [0, 0.05) is 30.6 Å². The Balaban J connectivity index is 1.67. The van der Waals surface area contributed by atoms with Gasteiger partial charge < -0.3 is 19.9 Å². The normalized spacial score (nSPS) is 26.8. The van der Waals surface area contributed by atoms with E-state index in [1.807, 2.05) is 20.1 Å². The number of thioether (sulfide) groups is 2. The fourth-order valence-corrected chi connectivity index (χ4v) is 5.36. The number of fused-ring (bicyclic) bond motifs is 2. The van der Waals surface area contributed by atoms with E-state index in [0.29, 0.717) is 29.9 Å². The molecular formula is C19H27F3N6O3S2. The van der Waals surface area contributed by atoms with E-state index in [1.54, 1.807) is 16.4 Å². The van der Waals surface area contributed by atoms with E-state index in [4.69, 9.17) is 9.47 Å². The van der Waals surface area contributed by atoms with Gasteiger partial charge in [-0.1, -0.05) is 17.0 Å². The molecule has 4 unspecified atom stereocenters. The highest BCUT2D eigenvalue weighted by Crippen LogP contribution is 2.47. The maximum absolute atomic E-state index is 12.6. The second-order valence-electron chi connectivity index (χ2n) is 8.50. The molecule has 9 nitrogen and oxygen atoms in total. The van der Waals surface area contributed by atoms with Gasteiger partial charge in [-0.25, -0.2) is 14.6 Å². The fraction of sp³-hybridized carbons (Fsp3) is 0.789. The fourth-order valence-electron chi connectivity index (χ4n) is 4.23. The summed E-state index contributed by atoms with van der Waals surface area (Å²) in [4.78, 5) is 8.91. The summed E-state index contributed by atoms with van der Waals surface area (Å²) >= 11 is 2.60. The number of nitrogens with zero attached hydrogens (tertiary/aromatic N) is 5. The van der Waals surface area contributed by atoms with Crippen LogP contribution >= 0.6 is 23.5 Å². The third kappa shape index (κ3) is 5.50. The predicted octanol–water partition coefficient (Wildman–Crippen LogP) is 3.11. The molecule has 2 aromatic heterocycles. The van der Waals surface area contributed by atoms with Gasteiger partial charge >= 0.3 is 6.18 Å². The van der Waals surface area contributed by atoms with Crippen LogP contribution in [0.4, 0.5) is 19.0 Å². The molecule has 2 N–H and O–H groups in total. The van der Waals surface area contributed by atoms with E-state index in [2.05, 4.69) is 25.6 Å². The smallest absolute Gasteiger partial charge is 0.389 e. The number of aliphatic hydroxyl groups excluding tert-OH is 1. The van der Waals surface area contributed by atoms with Gasteiger partial charge in [0.25, 0.3) is 0 Å². The van der Waals surface area contributed by atoms with Gasteiger partial charge in [0.15, 0.2) is 27.9 Å². The van der Waals surface area contributed by atoms with Crippen LogP contribution in [0.25, 0.3) is 11.2 Å². The van der Waals surface area contributed by atoms with Gasteiger partial charge in [0.2, 0.25) is 0 Å². The first-order chi connectivity index (χ1) is 15.6. The van der Waals surface area contributed by atoms with Crippen LogP contribution in [0, 0.1) is 5.92 Å². The first kappa shape index (κ1) is 24.8. The summed E-state index contributed by atoms with van der Waals surface area (Å²) in [7, 11) is 0. The molecule has 4 rings (SSSR count). The predicted molar refractivity (Wildman–Crippen MR) is 119 cm³/mol. The van der Waals surface area contributed by atoms with Crippen LogP contribution in [0.2, 0.25) is 0 Å². The maximum atomic E-state index is 12.6.